The van der Waals surface area contributed by atoms with Gasteiger partial charge in [-0.1, -0.05) is 32.9 Å². The maximum Gasteiger partial charge on any atom is 0.416 e. The summed E-state index contributed by atoms with van der Waals surface area (Å²) >= 11 is 0. The minimum atomic E-state index is -4.39. The van der Waals surface area contributed by atoms with Gasteiger partial charge in [-0.25, -0.2) is 9.67 Å². The number of Topliss-reactive ketones (excluding diaryl/α,β-unsaturated/α-hetero) is 1. The lowest BCUT2D eigenvalue weighted by molar-refractivity contribution is -0.137. The van der Waals surface area contributed by atoms with E-state index >= 15 is 0 Å². The number of carbonyl (C=O) groups excluding carboxylic acids is 1. The van der Waals surface area contributed by atoms with Gasteiger partial charge in [0.15, 0.2) is 5.78 Å². The molecule has 7 heteroatoms. The van der Waals surface area contributed by atoms with Crippen molar-refractivity contribution in [3.8, 4) is 0 Å². The lowest BCUT2D eigenvalue weighted by atomic mass is 9.88. The fourth-order valence-electron chi connectivity index (χ4n) is 1.88. The standard InChI is InChI=1S/C16H16F3N3O/c1-15(2,3)14(23)13(22-10-20-9-21-22)8-11-4-6-12(7-5-11)16(17,18)19/h4-10H,1-3H3/b13-8-. The second-order valence-electron chi connectivity index (χ2n) is 6.07. The van der Waals surface area contributed by atoms with E-state index in [1.165, 1.54) is 35.5 Å². The van der Waals surface area contributed by atoms with Crippen LogP contribution in [0, 0.1) is 5.41 Å². The first-order chi connectivity index (χ1) is 10.6. The molecule has 0 fully saturated rings. The van der Waals surface area contributed by atoms with Crippen molar-refractivity contribution in [1.82, 2.24) is 14.8 Å². The maximum atomic E-state index is 12.6. The zero-order valence-electron chi connectivity index (χ0n) is 12.9. The van der Waals surface area contributed by atoms with Crippen molar-refractivity contribution in [2.75, 3.05) is 0 Å². The number of carbonyl (C=O) groups is 1. The molecule has 23 heavy (non-hydrogen) atoms. The highest BCUT2D eigenvalue weighted by atomic mass is 19.4. The average Bonchev–Trinajstić information content (AvgIpc) is 2.96. The second-order valence-corrected chi connectivity index (χ2v) is 6.07. The van der Waals surface area contributed by atoms with Crippen LogP contribution < -0.4 is 0 Å². The fourth-order valence-corrected chi connectivity index (χ4v) is 1.88. The summed E-state index contributed by atoms with van der Waals surface area (Å²) in [6.45, 7) is 5.27. The van der Waals surface area contributed by atoms with Crippen LogP contribution in [0.4, 0.5) is 13.2 Å². The normalized spacial score (nSPS) is 13.2. The average molecular weight is 323 g/mol. The van der Waals surface area contributed by atoms with Gasteiger partial charge in [-0.3, -0.25) is 4.79 Å². The van der Waals surface area contributed by atoms with Crippen molar-refractivity contribution in [1.29, 1.82) is 0 Å². The van der Waals surface area contributed by atoms with Crippen LogP contribution in [-0.2, 0) is 11.0 Å². The number of hydrogen-bond acceptors (Lipinski definition) is 3. The first-order valence-corrected chi connectivity index (χ1v) is 6.88. The van der Waals surface area contributed by atoms with E-state index in [-0.39, 0.29) is 11.5 Å². The molecule has 0 aliphatic heterocycles. The zero-order valence-corrected chi connectivity index (χ0v) is 12.9. The number of benzene rings is 1. The van der Waals surface area contributed by atoms with Gasteiger partial charge in [0.1, 0.15) is 18.4 Å². The quantitative estimate of drug-likeness (QED) is 0.805. The van der Waals surface area contributed by atoms with E-state index < -0.39 is 17.2 Å². The number of halogens is 3. The number of hydrogen-bond donors (Lipinski definition) is 0. The van der Waals surface area contributed by atoms with Gasteiger partial charge in [0.2, 0.25) is 0 Å². The molecule has 122 valence electrons. The van der Waals surface area contributed by atoms with Gasteiger partial charge < -0.3 is 0 Å². The Kier molecular flexibility index (Phi) is 4.40. The van der Waals surface area contributed by atoms with Crippen LogP contribution in [0.2, 0.25) is 0 Å². The molecule has 2 aromatic rings. The lowest BCUT2D eigenvalue weighted by Crippen LogP contribution is -2.24. The molecule has 0 spiro atoms. The molecule has 1 aromatic carbocycles. The number of nitrogens with zero attached hydrogens (tertiary/aromatic N) is 3. The van der Waals surface area contributed by atoms with Gasteiger partial charge in [-0.05, 0) is 23.8 Å². The maximum absolute atomic E-state index is 12.6. The highest BCUT2D eigenvalue weighted by Crippen LogP contribution is 2.30. The molecule has 1 heterocycles. The van der Waals surface area contributed by atoms with Gasteiger partial charge >= 0.3 is 6.18 Å². The predicted octanol–water partition coefficient (Wildman–Crippen LogP) is 3.91. The first kappa shape index (κ1) is 16.9. The van der Waals surface area contributed by atoms with Crippen molar-refractivity contribution < 1.29 is 18.0 Å². The van der Waals surface area contributed by atoms with Gasteiger partial charge in [0.25, 0.3) is 0 Å². The summed E-state index contributed by atoms with van der Waals surface area (Å²) in [7, 11) is 0. The van der Waals surface area contributed by atoms with Gasteiger partial charge in [0.05, 0.1) is 5.56 Å². The Morgan fingerprint density at radius 1 is 1.13 bits per heavy atom. The number of alkyl halides is 3. The summed E-state index contributed by atoms with van der Waals surface area (Å²) < 4.78 is 39.1. The first-order valence-electron chi connectivity index (χ1n) is 6.88. The van der Waals surface area contributed by atoms with Crippen LogP contribution in [-0.4, -0.2) is 20.5 Å². The largest absolute Gasteiger partial charge is 0.416 e. The van der Waals surface area contributed by atoms with Crippen molar-refractivity contribution in [2.24, 2.45) is 5.41 Å². The summed E-state index contributed by atoms with van der Waals surface area (Å²) in [5.74, 6) is -0.192. The highest BCUT2D eigenvalue weighted by molar-refractivity contribution is 6.21. The molecule has 0 saturated carbocycles. The van der Waals surface area contributed by atoms with Crippen molar-refractivity contribution in [2.45, 2.75) is 26.9 Å². The molecule has 0 radical (unpaired) electrons. The third-order valence-electron chi connectivity index (χ3n) is 3.12. The molecule has 0 saturated heterocycles. The molecule has 2 rings (SSSR count). The van der Waals surface area contributed by atoms with Crippen LogP contribution >= 0.6 is 0 Å². The van der Waals surface area contributed by atoms with Crippen LogP contribution in [0.5, 0.6) is 0 Å². The third-order valence-corrected chi connectivity index (χ3v) is 3.12. The van der Waals surface area contributed by atoms with Crippen molar-refractivity contribution in [3.05, 3.63) is 48.0 Å². The minimum absolute atomic E-state index is 0.192. The Hall–Kier alpha value is -2.44. The molecular weight excluding hydrogens is 307 g/mol. The number of ketones is 1. The SMILES string of the molecule is CC(C)(C)C(=O)/C(=C/c1ccc(C(F)(F)F)cc1)n1cncn1. The van der Waals surface area contributed by atoms with Crippen molar-refractivity contribution in [3.63, 3.8) is 0 Å². The fraction of sp³-hybridized carbons (Fsp3) is 0.312. The summed E-state index contributed by atoms with van der Waals surface area (Å²) in [6.07, 6.45) is -0.225. The zero-order chi connectivity index (χ0) is 17.3. The Bertz CT molecular complexity index is 709. The summed E-state index contributed by atoms with van der Waals surface area (Å²) in [5.41, 5.74) is -0.682. The molecule has 0 atom stereocenters. The minimum Gasteiger partial charge on any atom is -0.292 e. The van der Waals surface area contributed by atoms with Crippen LogP contribution in [0.15, 0.2) is 36.9 Å². The van der Waals surface area contributed by atoms with Crippen LogP contribution in [0.1, 0.15) is 31.9 Å². The monoisotopic (exact) mass is 323 g/mol. The van der Waals surface area contributed by atoms with Crippen LogP contribution in [0.3, 0.4) is 0 Å². The van der Waals surface area contributed by atoms with E-state index in [0.29, 0.717) is 5.56 Å². The molecule has 0 aliphatic rings. The highest BCUT2D eigenvalue weighted by Gasteiger charge is 2.30. The van der Waals surface area contributed by atoms with Gasteiger partial charge in [-0.2, -0.15) is 18.3 Å². The Morgan fingerprint density at radius 3 is 2.17 bits per heavy atom. The van der Waals surface area contributed by atoms with E-state index in [0.717, 1.165) is 12.1 Å². The molecular formula is C16H16F3N3O. The molecule has 4 nitrogen and oxygen atoms in total. The lowest BCUT2D eigenvalue weighted by Gasteiger charge is -2.18. The predicted molar refractivity (Wildman–Crippen MR) is 80.1 cm³/mol. The van der Waals surface area contributed by atoms with E-state index in [1.807, 2.05) is 0 Å². The Balaban J connectivity index is 2.44. The smallest absolute Gasteiger partial charge is 0.292 e. The Labute approximate surface area is 131 Å². The number of rotatable bonds is 3. The molecule has 0 aliphatic carbocycles. The topological polar surface area (TPSA) is 47.8 Å². The molecule has 1 aromatic heterocycles. The number of allylic oxidation sites excluding steroid dienone is 1. The molecule has 0 N–H and O–H groups in total. The summed E-state index contributed by atoms with van der Waals surface area (Å²) in [5, 5.41) is 3.94. The number of aromatic nitrogens is 3. The second kappa shape index (κ2) is 5.98. The van der Waals surface area contributed by atoms with E-state index in [2.05, 4.69) is 10.1 Å². The Morgan fingerprint density at radius 2 is 1.74 bits per heavy atom. The summed E-state index contributed by atoms with van der Waals surface area (Å²) in [4.78, 5) is 16.4. The van der Waals surface area contributed by atoms with E-state index in [1.54, 1.807) is 20.8 Å². The van der Waals surface area contributed by atoms with Crippen LogP contribution in [0.25, 0.3) is 11.8 Å². The van der Waals surface area contributed by atoms with Crippen molar-refractivity contribution >= 4 is 17.6 Å². The molecule has 0 unspecified atom stereocenters. The summed E-state index contributed by atoms with van der Waals surface area (Å²) in [6, 6.07) is 4.59. The molecule has 0 amide bonds. The van der Waals surface area contributed by atoms with E-state index in [4.69, 9.17) is 0 Å². The van der Waals surface area contributed by atoms with Gasteiger partial charge in [0, 0.05) is 5.41 Å². The molecule has 0 bridgehead atoms. The van der Waals surface area contributed by atoms with E-state index in [9.17, 15) is 18.0 Å². The third kappa shape index (κ3) is 4.06. The van der Waals surface area contributed by atoms with Gasteiger partial charge in [-0.15, -0.1) is 0 Å².